The van der Waals surface area contributed by atoms with E-state index in [9.17, 15) is 4.79 Å². The van der Waals surface area contributed by atoms with Crippen molar-refractivity contribution in [2.24, 2.45) is 0 Å². The van der Waals surface area contributed by atoms with Crippen molar-refractivity contribution in [1.82, 2.24) is 15.6 Å². The van der Waals surface area contributed by atoms with E-state index < -0.39 is 5.91 Å². The minimum absolute atomic E-state index is 0.0000754. The number of benzene rings is 1. The Kier molecular flexibility index (Phi) is 5.05. The highest BCUT2D eigenvalue weighted by Gasteiger charge is 2.11. The topological polar surface area (TPSA) is 89.9 Å². The SMILES string of the molecule is CN/C=C\C(=N)NC(=O)c1csc(Nc2ccccc2)n1. The van der Waals surface area contributed by atoms with E-state index in [-0.39, 0.29) is 11.5 Å². The Morgan fingerprint density at radius 3 is 2.81 bits per heavy atom. The summed E-state index contributed by atoms with van der Waals surface area (Å²) in [6.07, 6.45) is 3.01. The van der Waals surface area contributed by atoms with E-state index in [4.69, 9.17) is 5.41 Å². The van der Waals surface area contributed by atoms with E-state index in [0.717, 1.165) is 5.69 Å². The molecule has 1 aromatic carbocycles. The van der Waals surface area contributed by atoms with Crippen LogP contribution >= 0.6 is 11.3 Å². The Bertz CT molecular complexity index is 650. The second-order valence-electron chi connectivity index (χ2n) is 4.02. The van der Waals surface area contributed by atoms with Crippen LogP contribution in [-0.4, -0.2) is 23.8 Å². The Balaban J connectivity index is 1.98. The molecular weight excluding hydrogens is 286 g/mol. The van der Waals surface area contributed by atoms with Crippen LogP contribution in [-0.2, 0) is 0 Å². The first kappa shape index (κ1) is 14.7. The molecule has 7 heteroatoms. The van der Waals surface area contributed by atoms with Gasteiger partial charge in [-0.05, 0) is 24.4 Å². The van der Waals surface area contributed by atoms with Gasteiger partial charge in [0.15, 0.2) is 5.13 Å². The number of anilines is 2. The average Bonchev–Trinajstić information content (AvgIpc) is 2.95. The van der Waals surface area contributed by atoms with E-state index in [1.807, 2.05) is 30.3 Å². The zero-order valence-electron chi connectivity index (χ0n) is 11.4. The van der Waals surface area contributed by atoms with Crippen LogP contribution in [0.15, 0.2) is 48.0 Å². The number of carbonyl (C=O) groups excluding carboxylic acids is 1. The Morgan fingerprint density at radius 2 is 2.10 bits per heavy atom. The van der Waals surface area contributed by atoms with Crippen molar-refractivity contribution >= 4 is 33.9 Å². The third-order valence-electron chi connectivity index (χ3n) is 2.43. The summed E-state index contributed by atoms with van der Waals surface area (Å²) in [4.78, 5) is 16.1. The number of nitrogens with one attached hydrogen (secondary N) is 4. The lowest BCUT2D eigenvalue weighted by molar-refractivity contribution is 0.0973. The van der Waals surface area contributed by atoms with Crippen molar-refractivity contribution in [2.45, 2.75) is 0 Å². The zero-order valence-corrected chi connectivity index (χ0v) is 12.2. The van der Waals surface area contributed by atoms with Crippen LogP contribution in [0.3, 0.4) is 0 Å². The first-order valence-electron chi connectivity index (χ1n) is 6.20. The monoisotopic (exact) mass is 301 g/mol. The highest BCUT2D eigenvalue weighted by molar-refractivity contribution is 7.14. The highest BCUT2D eigenvalue weighted by atomic mass is 32.1. The van der Waals surface area contributed by atoms with Gasteiger partial charge in [-0.25, -0.2) is 4.98 Å². The summed E-state index contributed by atoms with van der Waals surface area (Å²) in [5, 5.41) is 18.1. The van der Waals surface area contributed by atoms with Crippen LogP contribution < -0.4 is 16.0 Å². The van der Waals surface area contributed by atoms with Crippen molar-refractivity contribution in [3.05, 3.63) is 53.7 Å². The van der Waals surface area contributed by atoms with Crippen molar-refractivity contribution in [1.29, 1.82) is 5.41 Å². The molecule has 108 valence electrons. The number of nitrogens with zero attached hydrogens (tertiary/aromatic N) is 1. The standard InChI is InChI=1S/C14H15N5OS/c1-16-8-7-12(15)19-13(20)11-9-21-14(18-11)17-10-5-3-2-4-6-10/h2-9,16H,1H3,(H,17,18)(H2,15,19,20)/b8-7-. The maximum absolute atomic E-state index is 11.9. The fourth-order valence-electron chi connectivity index (χ4n) is 1.48. The molecule has 4 N–H and O–H groups in total. The van der Waals surface area contributed by atoms with Crippen LogP contribution in [0.5, 0.6) is 0 Å². The van der Waals surface area contributed by atoms with Crippen LogP contribution in [0.2, 0.25) is 0 Å². The quantitative estimate of drug-likeness (QED) is 0.504. The largest absolute Gasteiger partial charge is 0.394 e. The van der Waals surface area contributed by atoms with Gasteiger partial charge in [0.25, 0.3) is 5.91 Å². The molecule has 0 bridgehead atoms. The molecular formula is C14H15N5OS. The van der Waals surface area contributed by atoms with Gasteiger partial charge in [-0.3, -0.25) is 10.2 Å². The second-order valence-corrected chi connectivity index (χ2v) is 4.88. The number of hydrogen-bond donors (Lipinski definition) is 4. The minimum atomic E-state index is -0.405. The van der Waals surface area contributed by atoms with E-state index in [0.29, 0.717) is 5.13 Å². The van der Waals surface area contributed by atoms with Gasteiger partial charge in [0.2, 0.25) is 0 Å². The number of carbonyl (C=O) groups is 1. The van der Waals surface area contributed by atoms with Crippen molar-refractivity contribution in [3.8, 4) is 0 Å². The summed E-state index contributed by atoms with van der Waals surface area (Å²) in [6, 6.07) is 9.59. The molecule has 0 aliphatic rings. The van der Waals surface area contributed by atoms with Gasteiger partial charge >= 0.3 is 0 Å². The fourth-order valence-corrected chi connectivity index (χ4v) is 2.19. The number of para-hydroxylation sites is 1. The summed E-state index contributed by atoms with van der Waals surface area (Å²) in [6.45, 7) is 0. The Hall–Kier alpha value is -2.67. The smallest absolute Gasteiger partial charge is 0.276 e. The molecule has 0 spiro atoms. The van der Waals surface area contributed by atoms with E-state index >= 15 is 0 Å². The van der Waals surface area contributed by atoms with Crippen LogP contribution in [0, 0.1) is 5.41 Å². The second kappa shape index (κ2) is 7.20. The molecule has 0 aliphatic heterocycles. The molecule has 0 atom stereocenters. The molecule has 1 aromatic heterocycles. The fraction of sp³-hybridized carbons (Fsp3) is 0.0714. The maximum Gasteiger partial charge on any atom is 0.276 e. The lowest BCUT2D eigenvalue weighted by atomic mass is 10.3. The molecule has 0 saturated carbocycles. The maximum atomic E-state index is 11.9. The molecule has 0 saturated heterocycles. The predicted molar refractivity (Wildman–Crippen MR) is 85.2 cm³/mol. The molecule has 1 heterocycles. The lowest BCUT2D eigenvalue weighted by Crippen LogP contribution is -2.28. The number of hydrogen-bond acceptors (Lipinski definition) is 6. The molecule has 0 aliphatic carbocycles. The molecule has 1 amide bonds. The average molecular weight is 301 g/mol. The lowest BCUT2D eigenvalue weighted by Gasteiger charge is -2.01. The number of rotatable bonds is 5. The molecule has 6 nitrogen and oxygen atoms in total. The van der Waals surface area contributed by atoms with Gasteiger partial charge in [-0.15, -0.1) is 11.3 Å². The van der Waals surface area contributed by atoms with Crippen molar-refractivity contribution in [2.75, 3.05) is 12.4 Å². The van der Waals surface area contributed by atoms with E-state index in [1.54, 1.807) is 18.6 Å². The van der Waals surface area contributed by atoms with Crippen molar-refractivity contribution in [3.63, 3.8) is 0 Å². The summed E-state index contributed by atoms with van der Waals surface area (Å²) in [5.41, 5.74) is 1.18. The summed E-state index contributed by atoms with van der Waals surface area (Å²) in [5.74, 6) is -0.405. The normalized spacial score (nSPS) is 10.3. The van der Waals surface area contributed by atoms with Gasteiger partial charge in [-0.2, -0.15) is 0 Å². The molecule has 0 unspecified atom stereocenters. The van der Waals surface area contributed by atoms with Gasteiger partial charge in [0.1, 0.15) is 11.5 Å². The zero-order chi connectivity index (χ0) is 15.1. The van der Waals surface area contributed by atoms with Gasteiger partial charge < -0.3 is 16.0 Å². The number of aromatic nitrogens is 1. The molecule has 2 rings (SSSR count). The Labute approximate surface area is 126 Å². The molecule has 21 heavy (non-hydrogen) atoms. The van der Waals surface area contributed by atoms with Crippen LogP contribution in [0.1, 0.15) is 10.5 Å². The number of thiazole rings is 1. The Morgan fingerprint density at radius 1 is 1.33 bits per heavy atom. The number of amides is 1. The van der Waals surface area contributed by atoms with Gasteiger partial charge in [0, 0.05) is 18.1 Å². The van der Waals surface area contributed by atoms with Gasteiger partial charge in [0.05, 0.1) is 0 Å². The van der Waals surface area contributed by atoms with Crippen LogP contribution in [0.25, 0.3) is 0 Å². The van der Waals surface area contributed by atoms with E-state index in [1.165, 1.54) is 17.4 Å². The summed E-state index contributed by atoms with van der Waals surface area (Å²) >= 11 is 1.33. The molecule has 0 radical (unpaired) electrons. The third-order valence-corrected chi connectivity index (χ3v) is 3.18. The third kappa shape index (κ3) is 4.43. The molecule has 0 fully saturated rings. The predicted octanol–water partition coefficient (Wildman–Crippen LogP) is 2.33. The first-order valence-corrected chi connectivity index (χ1v) is 7.08. The van der Waals surface area contributed by atoms with E-state index in [2.05, 4.69) is 20.9 Å². The molecule has 2 aromatic rings. The summed E-state index contributed by atoms with van der Waals surface area (Å²) < 4.78 is 0. The highest BCUT2D eigenvalue weighted by Crippen LogP contribution is 2.20. The van der Waals surface area contributed by atoms with Crippen molar-refractivity contribution < 1.29 is 4.79 Å². The van der Waals surface area contributed by atoms with Crippen LogP contribution in [0.4, 0.5) is 10.8 Å². The minimum Gasteiger partial charge on any atom is -0.394 e. The van der Waals surface area contributed by atoms with Gasteiger partial charge in [-0.1, -0.05) is 18.2 Å². The summed E-state index contributed by atoms with van der Waals surface area (Å²) in [7, 11) is 1.72. The number of amidine groups is 1. The first-order chi connectivity index (χ1) is 10.2.